The fourth-order valence-corrected chi connectivity index (χ4v) is 1.55. The lowest BCUT2D eigenvalue weighted by Crippen LogP contribution is -1.77. The Morgan fingerprint density at radius 2 is 2.14 bits per heavy atom. The molecule has 0 unspecified atom stereocenters. The molecule has 0 aliphatic rings. The molecule has 3 aromatic rings. The van der Waals surface area contributed by atoms with Crippen molar-refractivity contribution < 1.29 is 0 Å². The summed E-state index contributed by atoms with van der Waals surface area (Å²) < 4.78 is 2.01. The van der Waals surface area contributed by atoms with E-state index in [1.54, 1.807) is 0 Å². The minimum Gasteiger partial charge on any atom is -0.360 e. The molecule has 3 heteroatoms. The first kappa shape index (κ1) is 7.38. The Bertz CT molecular complexity index is 516. The average molecular weight is 183 g/mol. The Hall–Kier alpha value is -2.03. The molecule has 0 aliphatic carbocycles. The van der Waals surface area contributed by atoms with Crippen LogP contribution in [0.1, 0.15) is 0 Å². The highest BCUT2D eigenvalue weighted by Crippen LogP contribution is 2.16. The quantitative estimate of drug-likeness (QED) is 0.617. The molecule has 0 radical (unpaired) electrons. The molecule has 1 N–H and O–H groups in total. The van der Waals surface area contributed by atoms with Crippen molar-refractivity contribution in [3.05, 3.63) is 48.9 Å². The molecule has 0 spiro atoms. The molecule has 68 valence electrons. The minimum absolute atomic E-state index is 0.970. The van der Waals surface area contributed by atoms with E-state index in [-0.39, 0.29) is 0 Å². The molecular weight excluding hydrogens is 174 g/mol. The van der Waals surface area contributed by atoms with E-state index in [9.17, 15) is 0 Å². The van der Waals surface area contributed by atoms with Gasteiger partial charge in [0.1, 0.15) is 11.3 Å². The van der Waals surface area contributed by atoms with Gasteiger partial charge in [-0.3, -0.25) is 0 Å². The monoisotopic (exact) mass is 183 g/mol. The number of aromatic amines is 1. The molecule has 0 aromatic carbocycles. The zero-order chi connectivity index (χ0) is 9.38. The molecule has 3 heterocycles. The molecule has 0 atom stereocenters. The van der Waals surface area contributed by atoms with Gasteiger partial charge in [-0.2, -0.15) is 0 Å². The van der Waals surface area contributed by atoms with E-state index in [1.165, 1.54) is 0 Å². The lowest BCUT2D eigenvalue weighted by atomic mass is 10.3. The molecular formula is C11H9N3. The second-order valence-corrected chi connectivity index (χ2v) is 3.18. The minimum atomic E-state index is 0.970. The summed E-state index contributed by atoms with van der Waals surface area (Å²) in [5.41, 5.74) is 2.99. The summed E-state index contributed by atoms with van der Waals surface area (Å²) in [4.78, 5) is 7.63. The second kappa shape index (κ2) is 2.73. The van der Waals surface area contributed by atoms with Crippen molar-refractivity contribution in [2.24, 2.45) is 0 Å². The molecule has 3 nitrogen and oxygen atoms in total. The second-order valence-electron chi connectivity index (χ2n) is 3.18. The Morgan fingerprint density at radius 3 is 2.93 bits per heavy atom. The highest BCUT2D eigenvalue weighted by atomic mass is 15.0. The van der Waals surface area contributed by atoms with Gasteiger partial charge in [0.05, 0.1) is 5.69 Å². The Labute approximate surface area is 81.0 Å². The molecule has 14 heavy (non-hydrogen) atoms. The maximum absolute atomic E-state index is 4.49. The fourth-order valence-electron chi connectivity index (χ4n) is 1.55. The summed E-state index contributed by atoms with van der Waals surface area (Å²) in [5.74, 6) is 0. The van der Waals surface area contributed by atoms with Gasteiger partial charge in [0.25, 0.3) is 0 Å². The third-order valence-electron chi connectivity index (χ3n) is 2.24. The summed E-state index contributed by atoms with van der Waals surface area (Å²) in [7, 11) is 0. The highest BCUT2D eigenvalue weighted by molar-refractivity contribution is 5.58. The molecule has 0 aliphatic heterocycles. The van der Waals surface area contributed by atoms with Gasteiger partial charge >= 0.3 is 0 Å². The van der Waals surface area contributed by atoms with Gasteiger partial charge in [0, 0.05) is 18.6 Å². The molecule has 0 bridgehead atoms. The predicted molar refractivity (Wildman–Crippen MR) is 55.0 cm³/mol. The number of fused-ring (bicyclic) bond motifs is 1. The summed E-state index contributed by atoms with van der Waals surface area (Å²) in [6, 6.07) is 9.96. The van der Waals surface area contributed by atoms with Gasteiger partial charge in [0.2, 0.25) is 0 Å². The summed E-state index contributed by atoms with van der Waals surface area (Å²) in [6.07, 6.45) is 5.91. The van der Waals surface area contributed by atoms with E-state index < -0.39 is 0 Å². The summed E-state index contributed by atoms with van der Waals surface area (Å²) in [5, 5.41) is 0. The van der Waals surface area contributed by atoms with Crippen LogP contribution in [-0.2, 0) is 0 Å². The van der Waals surface area contributed by atoms with E-state index in [4.69, 9.17) is 0 Å². The lowest BCUT2D eigenvalue weighted by Gasteiger charge is -1.86. The lowest BCUT2D eigenvalue weighted by molar-refractivity contribution is 1.19. The number of H-pyrrole nitrogens is 1. The van der Waals surface area contributed by atoms with Gasteiger partial charge < -0.3 is 9.38 Å². The Morgan fingerprint density at radius 1 is 1.14 bits per heavy atom. The van der Waals surface area contributed by atoms with E-state index in [0.717, 1.165) is 17.0 Å². The van der Waals surface area contributed by atoms with E-state index in [0.29, 0.717) is 0 Å². The third kappa shape index (κ3) is 1.03. The van der Waals surface area contributed by atoms with Gasteiger partial charge in [-0.1, -0.05) is 6.07 Å². The van der Waals surface area contributed by atoms with Crippen molar-refractivity contribution in [1.29, 1.82) is 0 Å². The first-order valence-electron chi connectivity index (χ1n) is 4.51. The maximum Gasteiger partial charge on any atom is 0.137 e. The van der Waals surface area contributed by atoms with Gasteiger partial charge in [0.15, 0.2) is 0 Å². The van der Waals surface area contributed by atoms with Crippen LogP contribution in [0.25, 0.3) is 17.0 Å². The molecule has 0 amide bonds. The first-order valence-corrected chi connectivity index (χ1v) is 4.51. The van der Waals surface area contributed by atoms with Crippen LogP contribution in [0.15, 0.2) is 48.9 Å². The van der Waals surface area contributed by atoms with E-state index in [2.05, 4.69) is 9.97 Å². The standard InChI is InChI=1S/C11H9N3/c1-2-7-14-8-10(13-11(14)5-1)9-4-3-6-12-9/h1-8,12H. The van der Waals surface area contributed by atoms with Gasteiger partial charge in [-0.25, -0.2) is 4.98 Å². The van der Waals surface area contributed by atoms with Crippen molar-refractivity contribution in [2.75, 3.05) is 0 Å². The highest BCUT2D eigenvalue weighted by Gasteiger charge is 2.02. The number of pyridine rings is 1. The molecule has 3 aromatic heterocycles. The van der Waals surface area contributed by atoms with E-state index in [1.807, 2.05) is 53.3 Å². The van der Waals surface area contributed by atoms with Crippen LogP contribution in [0.2, 0.25) is 0 Å². The molecule has 0 fully saturated rings. The first-order chi connectivity index (χ1) is 6.93. The Kier molecular flexibility index (Phi) is 1.44. The van der Waals surface area contributed by atoms with Gasteiger partial charge in [-0.05, 0) is 24.3 Å². The van der Waals surface area contributed by atoms with Crippen LogP contribution in [-0.4, -0.2) is 14.4 Å². The zero-order valence-corrected chi connectivity index (χ0v) is 7.51. The van der Waals surface area contributed by atoms with Crippen LogP contribution in [0.5, 0.6) is 0 Å². The van der Waals surface area contributed by atoms with Crippen molar-refractivity contribution in [2.45, 2.75) is 0 Å². The largest absolute Gasteiger partial charge is 0.360 e. The van der Waals surface area contributed by atoms with Crippen molar-refractivity contribution in [3.8, 4) is 11.4 Å². The van der Waals surface area contributed by atoms with Crippen LogP contribution in [0.4, 0.5) is 0 Å². The molecule has 0 saturated carbocycles. The van der Waals surface area contributed by atoms with Crippen LogP contribution >= 0.6 is 0 Å². The number of hydrogen-bond donors (Lipinski definition) is 1. The number of hydrogen-bond acceptors (Lipinski definition) is 1. The van der Waals surface area contributed by atoms with Crippen LogP contribution in [0.3, 0.4) is 0 Å². The maximum atomic E-state index is 4.49. The van der Waals surface area contributed by atoms with Crippen molar-refractivity contribution >= 4 is 5.65 Å². The number of nitrogens with one attached hydrogen (secondary N) is 1. The SMILES string of the molecule is c1c[nH]c(-c2cn3ccccc3n2)c1. The average Bonchev–Trinajstić information content (AvgIpc) is 2.86. The predicted octanol–water partition coefficient (Wildman–Crippen LogP) is 2.33. The number of aromatic nitrogens is 3. The fraction of sp³-hybridized carbons (Fsp3) is 0. The number of nitrogens with zero attached hydrogens (tertiary/aromatic N) is 2. The Balaban J connectivity index is 2.24. The summed E-state index contributed by atoms with van der Waals surface area (Å²) in [6.45, 7) is 0. The number of imidazole rings is 1. The normalized spacial score (nSPS) is 10.9. The van der Waals surface area contributed by atoms with Crippen molar-refractivity contribution in [1.82, 2.24) is 14.4 Å². The van der Waals surface area contributed by atoms with Crippen LogP contribution in [0, 0.1) is 0 Å². The zero-order valence-electron chi connectivity index (χ0n) is 7.51. The van der Waals surface area contributed by atoms with Crippen LogP contribution < -0.4 is 0 Å². The molecule has 0 saturated heterocycles. The van der Waals surface area contributed by atoms with Crippen molar-refractivity contribution in [3.63, 3.8) is 0 Å². The number of rotatable bonds is 1. The smallest absolute Gasteiger partial charge is 0.137 e. The summed E-state index contributed by atoms with van der Waals surface area (Å²) >= 11 is 0. The van der Waals surface area contributed by atoms with E-state index >= 15 is 0 Å². The molecule has 3 rings (SSSR count). The third-order valence-corrected chi connectivity index (χ3v) is 2.24. The van der Waals surface area contributed by atoms with Gasteiger partial charge in [-0.15, -0.1) is 0 Å². The topological polar surface area (TPSA) is 33.1 Å².